The van der Waals surface area contributed by atoms with E-state index in [9.17, 15) is 0 Å². The highest BCUT2D eigenvalue weighted by atomic mass is 16.5. The maximum absolute atomic E-state index is 5.45. The van der Waals surface area contributed by atoms with Crippen LogP contribution in [0.1, 0.15) is 11.5 Å². The summed E-state index contributed by atoms with van der Waals surface area (Å²) in [6, 6.07) is 7.87. The van der Waals surface area contributed by atoms with Crippen molar-refractivity contribution in [3.05, 3.63) is 48.2 Å². The van der Waals surface area contributed by atoms with Crippen molar-refractivity contribution in [2.45, 2.75) is 13.5 Å². The Morgan fingerprint density at radius 1 is 1.29 bits per heavy atom. The molecule has 0 atom stereocenters. The summed E-state index contributed by atoms with van der Waals surface area (Å²) in [4.78, 5) is 3.96. The predicted octanol–water partition coefficient (Wildman–Crippen LogP) is 2.56. The van der Waals surface area contributed by atoms with Crippen molar-refractivity contribution in [2.75, 3.05) is 0 Å². The number of hydrogen-bond acceptors (Lipinski definition) is 3. The summed E-state index contributed by atoms with van der Waals surface area (Å²) in [5.41, 5.74) is 1.22. The number of nitrogens with zero attached hydrogens (tertiary/aromatic N) is 1. The Morgan fingerprint density at radius 3 is 2.71 bits per heavy atom. The Bertz CT molecular complexity index is 378. The Kier molecular flexibility index (Phi) is 2.49. The first-order valence-electron chi connectivity index (χ1n) is 4.42. The highest BCUT2D eigenvalue weighted by Crippen LogP contribution is 2.12. The van der Waals surface area contributed by atoms with Gasteiger partial charge in [-0.05, 0) is 19.1 Å². The van der Waals surface area contributed by atoms with Gasteiger partial charge < -0.3 is 9.15 Å². The average molecular weight is 189 g/mol. The van der Waals surface area contributed by atoms with Crippen LogP contribution in [-0.4, -0.2) is 4.98 Å². The summed E-state index contributed by atoms with van der Waals surface area (Å²) in [7, 11) is 0. The topological polar surface area (TPSA) is 35.3 Å². The predicted molar refractivity (Wildman–Crippen MR) is 52.0 cm³/mol. The number of aromatic nitrogens is 1. The lowest BCUT2D eigenvalue weighted by Gasteiger charge is -2.02. The lowest BCUT2D eigenvalue weighted by atomic mass is 10.2. The molecule has 3 heteroatoms. The largest absolute Gasteiger partial charge is 0.484 e. The van der Waals surface area contributed by atoms with Crippen molar-refractivity contribution in [1.29, 1.82) is 0 Å². The van der Waals surface area contributed by atoms with Crippen LogP contribution in [0.25, 0.3) is 0 Å². The normalized spacial score (nSPS) is 10.1. The molecule has 14 heavy (non-hydrogen) atoms. The third kappa shape index (κ3) is 2.13. The van der Waals surface area contributed by atoms with Crippen molar-refractivity contribution in [1.82, 2.24) is 4.98 Å². The molecule has 0 saturated carbocycles. The van der Waals surface area contributed by atoms with Gasteiger partial charge >= 0.3 is 0 Å². The van der Waals surface area contributed by atoms with Crippen molar-refractivity contribution >= 4 is 0 Å². The lowest BCUT2D eigenvalue weighted by molar-refractivity contribution is 0.263. The van der Waals surface area contributed by atoms with Crippen LogP contribution >= 0.6 is 0 Å². The van der Waals surface area contributed by atoms with Gasteiger partial charge in [0.1, 0.15) is 12.0 Å². The molecule has 2 rings (SSSR count). The first-order chi connectivity index (χ1) is 6.84. The van der Waals surface area contributed by atoms with Gasteiger partial charge in [-0.15, -0.1) is 0 Å². The van der Waals surface area contributed by atoms with Crippen LogP contribution in [0.3, 0.4) is 0 Å². The van der Waals surface area contributed by atoms with Crippen LogP contribution in [0.4, 0.5) is 0 Å². The van der Waals surface area contributed by atoms with Crippen LogP contribution in [0.5, 0.6) is 5.75 Å². The molecule has 1 aromatic carbocycles. The van der Waals surface area contributed by atoms with E-state index >= 15 is 0 Å². The Morgan fingerprint density at radius 2 is 2.07 bits per heavy atom. The first kappa shape index (κ1) is 8.81. The minimum Gasteiger partial charge on any atom is -0.484 e. The molecule has 72 valence electrons. The molecule has 2 aromatic rings. The second-order valence-electron chi connectivity index (χ2n) is 3.03. The van der Waals surface area contributed by atoms with Crippen molar-refractivity contribution in [3.8, 4) is 5.75 Å². The minimum absolute atomic E-state index is 0.371. The summed E-state index contributed by atoms with van der Waals surface area (Å²) in [5.74, 6) is 1.42. The molecule has 0 bridgehead atoms. The number of benzene rings is 1. The summed E-state index contributed by atoms with van der Waals surface area (Å²) in [6.45, 7) is 2.41. The SMILES string of the molecule is Cc1ccc(OCc2ncco2)cc1. The standard InChI is InChI=1S/C11H11NO2/c1-9-2-4-10(5-3-9)14-8-11-12-6-7-13-11/h2-7H,8H2,1H3. The van der Waals surface area contributed by atoms with Gasteiger partial charge in [-0.25, -0.2) is 4.98 Å². The smallest absolute Gasteiger partial charge is 0.232 e. The van der Waals surface area contributed by atoms with E-state index in [1.165, 1.54) is 11.8 Å². The molecular formula is C11H11NO2. The van der Waals surface area contributed by atoms with E-state index in [0.29, 0.717) is 12.5 Å². The van der Waals surface area contributed by atoms with E-state index in [4.69, 9.17) is 9.15 Å². The van der Waals surface area contributed by atoms with Gasteiger partial charge in [0.15, 0.2) is 6.61 Å². The molecule has 1 aromatic heterocycles. The second kappa shape index (κ2) is 3.96. The molecule has 0 aliphatic heterocycles. The fourth-order valence-corrected chi connectivity index (χ4v) is 1.10. The zero-order chi connectivity index (χ0) is 9.80. The average Bonchev–Trinajstić information content (AvgIpc) is 2.70. The Hall–Kier alpha value is -1.77. The van der Waals surface area contributed by atoms with Crippen molar-refractivity contribution < 1.29 is 9.15 Å². The van der Waals surface area contributed by atoms with Gasteiger partial charge in [-0.3, -0.25) is 0 Å². The Balaban J connectivity index is 1.95. The molecule has 0 N–H and O–H groups in total. The highest BCUT2D eigenvalue weighted by Gasteiger charge is 1.98. The lowest BCUT2D eigenvalue weighted by Crippen LogP contribution is -1.94. The van der Waals surface area contributed by atoms with Gasteiger partial charge in [-0.1, -0.05) is 17.7 Å². The maximum atomic E-state index is 5.45. The summed E-state index contributed by atoms with van der Waals surface area (Å²) >= 11 is 0. The maximum Gasteiger partial charge on any atom is 0.232 e. The molecule has 0 spiro atoms. The van der Waals surface area contributed by atoms with Crippen LogP contribution in [0.2, 0.25) is 0 Å². The van der Waals surface area contributed by atoms with E-state index in [1.54, 1.807) is 6.20 Å². The second-order valence-corrected chi connectivity index (χ2v) is 3.03. The molecular weight excluding hydrogens is 178 g/mol. The van der Waals surface area contributed by atoms with Crippen LogP contribution in [0.15, 0.2) is 41.1 Å². The van der Waals surface area contributed by atoms with E-state index < -0.39 is 0 Å². The molecule has 0 fully saturated rings. The third-order valence-electron chi connectivity index (χ3n) is 1.87. The van der Waals surface area contributed by atoms with Gasteiger partial charge in [0.05, 0.1) is 6.20 Å². The minimum atomic E-state index is 0.371. The number of aryl methyl sites for hydroxylation is 1. The number of hydrogen-bond donors (Lipinski definition) is 0. The summed E-state index contributed by atoms with van der Waals surface area (Å²) < 4.78 is 10.5. The summed E-state index contributed by atoms with van der Waals surface area (Å²) in [5, 5.41) is 0. The fraction of sp³-hybridized carbons (Fsp3) is 0.182. The van der Waals surface area contributed by atoms with Crippen LogP contribution in [0, 0.1) is 6.92 Å². The van der Waals surface area contributed by atoms with Gasteiger partial charge in [0.2, 0.25) is 5.89 Å². The first-order valence-corrected chi connectivity index (χ1v) is 4.42. The quantitative estimate of drug-likeness (QED) is 0.744. The zero-order valence-corrected chi connectivity index (χ0v) is 7.93. The fourth-order valence-electron chi connectivity index (χ4n) is 1.10. The van der Waals surface area contributed by atoms with Gasteiger partial charge in [-0.2, -0.15) is 0 Å². The molecule has 0 saturated heterocycles. The van der Waals surface area contributed by atoms with Crippen LogP contribution in [-0.2, 0) is 6.61 Å². The van der Waals surface area contributed by atoms with Crippen molar-refractivity contribution in [3.63, 3.8) is 0 Å². The molecule has 0 aliphatic rings. The van der Waals surface area contributed by atoms with E-state index in [1.807, 2.05) is 31.2 Å². The third-order valence-corrected chi connectivity index (χ3v) is 1.87. The molecule has 0 radical (unpaired) electrons. The Labute approximate surface area is 82.3 Å². The van der Waals surface area contributed by atoms with E-state index in [-0.39, 0.29) is 0 Å². The number of ether oxygens (including phenoxy) is 1. The molecule has 0 unspecified atom stereocenters. The summed E-state index contributed by atoms with van der Waals surface area (Å²) in [6.07, 6.45) is 3.14. The molecule has 0 aliphatic carbocycles. The van der Waals surface area contributed by atoms with E-state index in [0.717, 1.165) is 5.75 Å². The van der Waals surface area contributed by atoms with Gasteiger partial charge in [0, 0.05) is 0 Å². The number of oxazole rings is 1. The van der Waals surface area contributed by atoms with Crippen molar-refractivity contribution in [2.24, 2.45) is 0 Å². The van der Waals surface area contributed by atoms with E-state index in [2.05, 4.69) is 4.98 Å². The zero-order valence-electron chi connectivity index (χ0n) is 7.93. The monoisotopic (exact) mass is 189 g/mol. The highest BCUT2D eigenvalue weighted by molar-refractivity contribution is 5.26. The number of rotatable bonds is 3. The molecule has 3 nitrogen and oxygen atoms in total. The molecule has 1 heterocycles. The molecule has 0 amide bonds. The van der Waals surface area contributed by atoms with Crippen LogP contribution < -0.4 is 4.74 Å². The van der Waals surface area contributed by atoms with Gasteiger partial charge in [0.25, 0.3) is 0 Å².